The summed E-state index contributed by atoms with van der Waals surface area (Å²) in [6, 6.07) is 13.5. The van der Waals surface area contributed by atoms with Crippen LogP contribution in [0.2, 0.25) is 0 Å². The highest BCUT2D eigenvalue weighted by atomic mass is 16.6. The van der Waals surface area contributed by atoms with Gasteiger partial charge >= 0.3 is 5.69 Å². The summed E-state index contributed by atoms with van der Waals surface area (Å²) in [5.41, 5.74) is 6.16. The van der Waals surface area contributed by atoms with Gasteiger partial charge in [-0.1, -0.05) is 24.3 Å². The number of para-hydroxylation sites is 1. The second-order valence-corrected chi connectivity index (χ2v) is 3.51. The molecule has 2 rings (SSSR count). The Kier molecular flexibility index (Phi) is 3.29. The van der Waals surface area contributed by atoms with Crippen molar-refractivity contribution in [3.63, 3.8) is 0 Å². The lowest BCUT2D eigenvalue weighted by Crippen LogP contribution is -1.95. The highest BCUT2D eigenvalue weighted by molar-refractivity contribution is 5.71. The number of nitrogens with zero attached hydrogens (tertiary/aromatic N) is 3. The van der Waals surface area contributed by atoms with E-state index in [2.05, 4.69) is 10.2 Å². The minimum atomic E-state index is -0.561. The van der Waals surface area contributed by atoms with Gasteiger partial charge in [0, 0.05) is 0 Å². The monoisotopic (exact) mass is 242 g/mol. The van der Waals surface area contributed by atoms with E-state index in [0.717, 1.165) is 0 Å². The Morgan fingerprint density at radius 2 is 1.72 bits per heavy atom. The van der Waals surface area contributed by atoms with E-state index in [1.54, 1.807) is 18.2 Å². The van der Waals surface area contributed by atoms with Crippen molar-refractivity contribution >= 4 is 22.7 Å². The second-order valence-electron chi connectivity index (χ2n) is 3.51. The lowest BCUT2D eigenvalue weighted by Gasteiger charge is -1.99. The molecule has 2 N–H and O–H groups in total. The summed E-state index contributed by atoms with van der Waals surface area (Å²) in [5, 5.41) is 18.7. The maximum Gasteiger partial charge on any atom is 0.319 e. The van der Waals surface area contributed by atoms with Gasteiger partial charge in [-0.2, -0.15) is 5.11 Å². The van der Waals surface area contributed by atoms with Gasteiger partial charge in [0.2, 0.25) is 0 Å². The largest absolute Gasteiger partial charge is 0.393 e. The Bertz CT molecular complexity index is 596. The summed E-state index contributed by atoms with van der Waals surface area (Å²) in [6.45, 7) is 0. The van der Waals surface area contributed by atoms with Crippen molar-refractivity contribution in [1.82, 2.24) is 0 Å². The van der Waals surface area contributed by atoms with Crippen molar-refractivity contribution < 1.29 is 4.92 Å². The number of hydrogen-bond acceptors (Lipinski definition) is 5. The molecule has 18 heavy (non-hydrogen) atoms. The zero-order chi connectivity index (χ0) is 13.0. The van der Waals surface area contributed by atoms with Crippen LogP contribution in [-0.2, 0) is 0 Å². The lowest BCUT2D eigenvalue weighted by atomic mass is 10.2. The van der Waals surface area contributed by atoms with Gasteiger partial charge in [-0.15, -0.1) is 5.11 Å². The zero-order valence-electron chi connectivity index (χ0n) is 9.35. The number of nitro groups is 1. The number of nitrogen functional groups attached to an aromatic ring is 1. The number of anilines is 1. The fourth-order valence-electron chi connectivity index (χ4n) is 1.43. The molecule has 0 bridgehead atoms. The molecular weight excluding hydrogens is 232 g/mol. The molecule has 6 nitrogen and oxygen atoms in total. The minimum absolute atomic E-state index is 0.0736. The van der Waals surface area contributed by atoms with Crippen LogP contribution in [0.3, 0.4) is 0 Å². The quantitative estimate of drug-likeness (QED) is 0.385. The third-order valence-corrected chi connectivity index (χ3v) is 2.26. The predicted molar refractivity (Wildman–Crippen MR) is 68.1 cm³/mol. The summed E-state index contributed by atoms with van der Waals surface area (Å²) in [6.07, 6.45) is 0. The molecule has 0 radical (unpaired) electrons. The molecule has 0 spiro atoms. The molecule has 0 fully saturated rings. The van der Waals surface area contributed by atoms with Crippen LogP contribution >= 0.6 is 0 Å². The van der Waals surface area contributed by atoms with E-state index in [1.807, 2.05) is 18.2 Å². The van der Waals surface area contributed by atoms with Crippen LogP contribution in [0.25, 0.3) is 0 Å². The van der Waals surface area contributed by atoms with Crippen LogP contribution in [-0.4, -0.2) is 4.92 Å². The molecule has 2 aromatic carbocycles. The predicted octanol–water partition coefficient (Wildman–Crippen LogP) is 3.59. The molecule has 0 aliphatic heterocycles. The van der Waals surface area contributed by atoms with E-state index < -0.39 is 4.92 Å². The molecule has 0 saturated heterocycles. The molecule has 0 aliphatic rings. The van der Waals surface area contributed by atoms with Crippen LogP contribution in [0.15, 0.2) is 58.8 Å². The maximum atomic E-state index is 10.9. The van der Waals surface area contributed by atoms with Crippen molar-refractivity contribution in [2.45, 2.75) is 0 Å². The van der Waals surface area contributed by atoms with Crippen LogP contribution in [0.5, 0.6) is 0 Å². The molecule has 0 unspecified atom stereocenters. The third-order valence-electron chi connectivity index (χ3n) is 2.26. The van der Waals surface area contributed by atoms with E-state index in [1.165, 1.54) is 12.1 Å². The zero-order valence-corrected chi connectivity index (χ0v) is 9.35. The molecule has 0 aliphatic carbocycles. The lowest BCUT2D eigenvalue weighted by molar-refractivity contribution is -0.383. The van der Waals surface area contributed by atoms with Gasteiger partial charge in [0.15, 0.2) is 5.69 Å². The number of rotatable bonds is 3. The Balaban J connectivity index is 2.38. The first-order chi connectivity index (χ1) is 8.68. The summed E-state index contributed by atoms with van der Waals surface area (Å²) in [4.78, 5) is 10.3. The number of nitrogens with two attached hydrogens (primary N) is 1. The Morgan fingerprint density at radius 1 is 1.00 bits per heavy atom. The summed E-state index contributed by atoms with van der Waals surface area (Å²) >= 11 is 0. The summed E-state index contributed by atoms with van der Waals surface area (Å²) in [7, 11) is 0. The van der Waals surface area contributed by atoms with Gasteiger partial charge in [0.05, 0.1) is 10.6 Å². The van der Waals surface area contributed by atoms with E-state index in [4.69, 9.17) is 5.73 Å². The van der Waals surface area contributed by atoms with Gasteiger partial charge in [-0.3, -0.25) is 10.1 Å². The first-order valence-corrected chi connectivity index (χ1v) is 5.18. The van der Waals surface area contributed by atoms with Crippen molar-refractivity contribution in [3.8, 4) is 0 Å². The average molecular weight is 242 g/mol. The fraction of sp³-hybridized carbons (Fsp3) is 0. The van der Waals surface area contributed by atoms with Crippen molar-refractivity contribution in [1.29, 1.82) is 0 Å². The van der Waals surface area contributed by atoms with Crippen LogP contribution in [0, 0.1) is 10.1 Å². The smallest absolute Gasteiger partial charge is 0.319 e. The van der Waals surface area contributed by atoms with Crippen molar-refractivity contribution in [2.75, 3.05) is 5.73 Å². The van der Waals surface area contributed by atoms with E-state index in [9.17, 15) is 10.1 Å². The molecular formula is C12H10N4O2. The molecule has 0 amide bonds. The van der Waals surface area contributed by atoms with Gasteiger partial charge in [-0.25, -0.2) is 0 Å². The fourth-order valence-corrected chi connectivity index (χ4v) is 1.43. The Labute approximate surface area is 103 Å². The second kappa shape index (κ2) is 5.05. The highest BCUT2D eigenvalue weighted by Gasteiger charge is 2.17. The van der Waals surface area contributed by atoms with E-state index in [-0.39, 0.29) is 17.1 Å². The van der Waals surface area contributed by atoms with E-state index in [0.29, 0.717) is 5.69 Å². The minimum Gasteiger partial charge on any atom is -0.393 e. The molecule has 6 heteroatoms. The van der Waals surface area contributed by atoms with Gasteiger partial charge < -0.3 is 5.73 Å². The normalized spacial score (nSPS) is 10.7. The van der Waals surface area contributed by atoms with Crippen molar-refractivity contribution in [3.05, 3.63) is 58.6 Å². The number of azo groups is 1. The average Bonchev–Trinajstić information content (AvgIpc) is 2.37. The highest BCUT2D eigenvalue weighted by Crippen LogP contribution is 2.33. The standard InChI is InChI=1S/C12H10N4O2/c13-10-7-4-8-11(12(10)16(17)18)15-14-9-5-2-1-3-6-9/h1-8H,13H2. The van der Waals surface area contributed by atoms with E-state index >= 15 is 0 Å². The SMILES string of the molecule is Nc1cccc(N=Nc2ccccc2)c1[N+](=O)[O-]. The first kappa shape index (κ1) is 11.7. The van der Waals surface area contributed by atoms with Crippen molar-refractivity contribution in [2.24, 2.45) is 10.2 Å². The number of hydrogen-bond donors (Lipinski definition) is 1. The first-order valence-electron chi connectivity index (χ1n) is 5.18. The van der Waals surface area contributed by atoms with Gasteiger partial charge in [-0.05, 0) is 24.3 Å². The van der Waals surface area contributed by atoms with Gasteiger partial charge in [0.1, 0.15) is 5.69 Å². The molecule has 0 saturated carbocycles. The van der Waals surface area contributed by atoms with Crippen LogP contribution < -0.4 is 5.73 Å². The Morgan fingerprint density at radius 3 is 2.39 bits per heavy atom. The van der Waals surface area contributed by atoms with Crippen LogP contribution in [0.4, 0.5) is 22.7 Å². The molecule has 0 atom stereocenters. The molecule has 90 valence electrons. The molecule has 0 heterocycles. The molecule has 0 aromatic heterocycles. The maximum absolute atomic E-state index is 10.9. The van der Waals surface area contributed by atoms with Crippen LogP contribution in [0.1, 0.15) is 0 Å². The van der Waals surface area contributed by atoms with Gasteiger partial charge in [0.25, 0.3) is 0 Å². The Hall–Kier alpha value is -2.76. The topological polar surface area (TPSA) is 93.9 Å². The number of benzene rings is 2. The summed E-state index contributed by atoms with van der Waals surface area (Å²) in [5.74, 6) is 0. The number of nitro benzene ring substituents is 1. The summed E-state index contributed by atoms with van der Waals surface area (Å²) < 4.78 is 0. The third kappa shape index (κ3) is 2.49. The molecule has 2 aromatic rings.